The van der Waals surface area contributed by atoms with Gasteiger partial charge in [0.05, 0.1) is 15.6 Å². The Bertz CT molecular complexity index is 1540. The molecule has 1 fully saturated rings. The third-order valence-corrected chi connectivity index (χ3v) is 10.3. The smallest absolute Gasteiger partial charge is 0.264 e. The van der Waals surface area contributed by atoms with E-state index in [1.165, 1.54) is 29.2 Å². The zero-order valence-corrected chi connectivity index (χ0v) is 27.2. The summed E-state index contributed by atoms with van der Waals surface area (Å²) < 4.78 is 29.2. The predicted molar refractivity (Wildman–Crippen MR) is 173 cm³/mol. The van der Waals surface area contributed by atoms with E-state index in [1.54, 1.807) is 18.2 Å². The first kappa shape index (κ1) is 32.8. The number of rotatable bonds is 11. The van der Waals surface area contributed by atoms with Crippen LogP contribution in [0.4, 0.5) is 5.69 Å². The van der Waals surface area contributed by atoms with Gasteiger partial charge < -0.3 is 10.2 Å². The van der Waals surface area contributed by atoms with Crippen LogP contribution in [0.25, 0.3) is 0 Å². The molecule has 43 heavy (non-hydrogen) atoms. The van der Waals surface area contributed by atoms with E-state index in [9.17, 15) is 18.0 Å². The van der Waals surface area contributed by atoms with E-state index in [4.69, 9.17) is 23.2 Å². The average Bonchev–Trinajstić information content (AvgIpc) is 2.98. The Labute approximate surface area is 265 Å². The van der Waals surface area contributed by atoms with Gasteiger partial charge in [-0.25, -0.2) is 8.42 Å². The number of sulfonamides is 1. The summed E-state index contributed by atoms with van der Waals surface area (Å²) in [7, 11) is -4.25. The molecule has 0 heterocycles. The van der Waals surface area contributed by atoms with Crippen molar-refractivity contribution < 1.29 is 18.0 Å². The minimum Gasteiger partial charge on any atom is -0.352 e. The molecule has 1 aliphatic rings. The number of nitrogens with one attached hydrogen (secondary N) is 1. The van der Waals surface area contributed by atoms with E-state index in [2.05, 4.69) is 5.32 Å². The summed E-state index contributed by atoms with van der Waals surface area (Å²) in [6.07, 6.45) is 5.44. The van der Waals surface area contributed by atoms with Crippen molar-refractivity contribution in [1.29, 1.82) is 0 Å². The van der Waals surface area contributed by atoms with Crippen molar-refractivity contribution in [3.05, 3.63) is 93.5 Å². The summed E-state index contributed by atoms with van der Waals surface area (Å²) in [4.78, 5) is 29.5. The van der Waals surface area contributed by atoms with Gasteiger partial charge in [-0.1, -0.05) is 91.3 Å². The normalized spacial score (nSPS) is 14.6. The molecule has 4 rings (SSSR count). The van der Waals surface area contributed by atoms with Crippen LogP contribution in [0, 0.1) is 13.8 Å². The maximum absolute atomic E-state index is 14.3. The molecule has 2 amide bonds. The largest absolute Gasteiger partial charge is 0.352 e. The summed E-state index contributed by atoms with van der Waals surface area (Å²) in [6.45, 7) is 5.23. The molecule has 3 aromatic carbocycles. The van der Waals surface area contributed by atoms with Gasteiger partial charge in [0.25, 0.3) is 10.0 Å². The number of hydrogen-bond donors (Lipinski definition) is 1. The molecule has 0 unspecified atom stereocenters. The van der Waals surface area contributed by atoms with E-state index >= 15 is 0 Å². The zero-order chi connectivity index (χ0) is 31.1. The van der Waals surface area contributed by atoms with Crippen LogP contribution in [0.5, 0.6) is 0 Å². The number of hydrogen-bond acceptors (Lipinski definition) is 4. The highest BCUT2D eigenvalue weighted by Crippen LogP contribution is 2.33. The fraction of sp³-hybridized carbons (Fsp3) is 0.394. The Hall–Kier alpha value is -3.07. The lowest BCUT2D eigenvalue weighted by Gasteiger charge is -2.35. The van der Waals surface area contributed by atoms with Gasteiger partial charge in [-0.05, 0) is 74.6 Å². The van der Waals surface area contributed by atoms with Crippen molar-refractivity contribution >= 4 is 50.7 Å². The number of carbonyl (C=O) groups excluding carboxylic acids is 2. The number of amides is 2. The molecule has 1 saturated carbocycles. The molecule has 0 aromatic heterocycles. The Morgan fingerprint density at radius 3 is 2.28 bits per heavy atom. The van der Waals surface area contributed by atoms with Crippen LogP contribution < -0.4 is 9.62 Å². The summed E-state index contributed by atoms with van der Waals surface area (Å²) in [5.74, 6) is -0.759. The van der Waals surface area contributed by atoms with Crippen LogP contribution >= 0.6 is 23.2 Å². The summed E-state index contributed by atoms with van der Waals surface area (Å²) in [5, 5.41) is 3.56. The van der Waals surface area contributed by atoms with Gasteiger partial charge >= 0.3 is 0 Å². The topological polar surface area (TPSA) is 86.8 Å². The van der Waals surface area contributed by atoms with Gasteiger partial charge in [0.1, 0.15) is 12.6 Å². The lowest BCUT2D eigenvalue weighted by atomic mass is 9.95. The molecule has 1 N–H and O–H groups in total. The monoisotopic (exact) mass is 643 g/mol. The third kappa shape index (κ3) is 8.11. The highest BCUT2D eigenvalue weighted by atomic mass is 35.5. The van der Waals surface area contributed by atoms with Crippen molar-refractivity contribution in [1.82, 2.24) is 10.2 Å². The highest BCUT2D eigenvalue weighted by Gasteiger charge is 2.35. The Morgan fingerprint density at radius 1 is 0.953 bits per heavy atom. The van der Waals surface area contributed by atoms with Crippen LogP contribution in [-0.4, -0.2) is 43.8 Å². The third-order valence-electron chi connectivity index (χ3n) is 8.00. The van der Waals surface area contributed by atoms with Crippen LogP contribution in [0.3, 0.4) is 0 Å². The van der Waals surface area contributed by atoms with Crippen molar-refractivity contribution in [3.63, 3.8) is 0 Å². The first-order valence-electron chi connectivity index (χ1n) is 14.7. The lowest BCUT2D eigenvalue weighted by Crippen LogP contribution is -2.54. The van der Waals surface area contributed by atoms with Gasteiger partial charge in [-0.2, -0.15) is 0 Å². The van der Waals surface area contributed by atoms with Crippen LogP contribution in [0.1, 0.15) is 62.1 Å². The van der Waals surface area contributed by atoms with Crippen LogP contribution in [0.15, 0.2) is 71.6 Å². The van der Waals surface area contributed by atoms with Crippen LogP contribution in [-0.2, 0) is 26.2 Å². The van der Waals surface area contributed by atoms with Crippen molar-refractivity contribution in [2.45, 2.75) is 82.8 Å². The van der Waals surface area contributed by atoms with E-state index < -0.39 is 28.5 Å². The fourth-order valence-corrected chi connectivity index (χ4v) is 7.32. The molecule has 1 aliphatic carbocycles. The highest BCUT2D eigenvalue weighted by molar-refractivity contribution is 7.92. The molecule has 230 valence electrons. The molecule has 10 heteroatoms. The van der Waals surface area contributed by atoms with Crippen molar-refractivity contribution in [3.8, 4) is 0 Å². The molecule has 0 spiro atoms. The second kappa shape index (κ2) is 14.6. The standard InChI is InChI=1S/C33H39Cl2N3O4S/c1-4-30(33(40)36-27-12-6-5-7-13-27)37(21-25-11-9-8-10-24(25)3)32(39)22-38(31-20-26(34)16-19-29(31)35)43(41,42)28-17-14-23(2)15-18-28/h8-11,14-20,27,30H,4-7,12-13,21-22H2,1-3H3,(H,36,40)/t30-/m0/s1. The SMILES string of the molecule is CC[C@@H](C(=O)NC1CCCCC1)N(Cc1ccccc1C)C(=O)CN(c1cc(Cl)ccc1Cl)S(=O)(=O)c1ccc(C)cc1. The number of carbonyl (C=O) groups is 2. The van der Waals surface area contributed by atoms with E-state index in [0.29, 0.717) is 6.42 Å². The molecule has 0 aliphatic heterocycles. The Kier molecular flexibility index (Phi) is 11.2. The number of benzene rings is 3. The summed E-state index contributed by atoms with van der Waals surface area (Å²) in [5.41, 5.74) is 2.80. The van der Waals surface area contributed by atoms with E-state index in [1.807, 2.05) is 45.0 Å². The number of halogens is 2. The molecule has 0 saturated heterocycles. The second-order valence-corrected chi connectivity index (χ2v) is 13.8. The molecule has 0 radical (unpaired) electrons. The molecule has 3 aromatic rings. The van der Waals surface area contributed by atoms with Gasteiger partial charge in [-0.3, -0.25) is 13.9 Å². The van der Waals surface area contributed by atoms with Crippen molar-refractivity contribution in [2.24, 2.45) is 0 Å². The zero-order valence-electron chi connectivity index (χ0n) is 24.9. The number of aryl methyl sites for hydroxylation is 2. The molecular weight excluding hydrogens is 605 g/mol. The quantitative estimate of drug-likeness (QED) is 0.242. The van der Waals surface area contributed by atoms with E-state index in [0.717, 1.165) is 53.1 Å². The summed E-state index contributed by atoms with van der Waals surface area (Å²) in [6, 6.07) is 17.8. The van der Waals surface area contributed by atoms with E-state index in [-0.39, 0.29) is 39.1 Å². The van der Waals surface area contributed by atoms with Gasteiger partial charge in [0.15, 0.2) is 0 Å². The Morgan fingerprint density at radius 2 is 1.63 bits per heavy atom. The molecule has 7 nitrogen and oxygen atoms in total. The minimum absolute atomic E-state index is 0.00878. The van der Waals surface area contributed by atoms with Crippen LogP contribution in [0.2, 0.25) is 10.0 Å². The molecule has 0 bridgehead atoms. The molecule has 1 atom stereocenters. The van der Waals surface area contributed by atoms with Gasteiger partial charge in [0.2, 0.25) is 11.8 Å². The summed E-state index contributed by atoms with van der Waals surface area (Å²) >= 11 is 12.8. The predicted octanol–water partition coefficient (Wildman–Crippen LogP) is 7.06. The van der Waals surface area contributed by atoms with Gasteiger partial charge in [-0.15, -0.1) is 0 Å². The Balaban J connectivity index is 1.74. The van der Waals surface area contributed by atoms with Crippen molar-refractivity contribution in [2.75, 3.05) is 10.8 Å². The fourth-order valence-electron chi connectivity index (χ4n) is 5.46. The lowest BCUT2D eigenvalue weighted by molar-refractivity contribution is -0.140. The van der Waals surface area contributed by atoms with Gasteiger partial charge in [0, 0.05) is 17.6 Å². The number of nitrogens with zero attached hydrogens (tertiary/aromatic N) is 2. The minimum atomic E-state index is -4.25. The first-order valence-corrected chi connectivity index (χ1v) is 16.9. The maximum atomic E-state index is 14.3. The first-order chi connectivity index (χ1) is 20.5. The average molecular weight is 645 g/mol. The second-order valence-electron chi connectivity index (χ2n) is 11.1. The molecular formula is C33H39Cl2N3O4S. The number of anilines is 1. The maximum Gasteiger partial charge on any atom is 0.264 e.